The third-order valence-electron chi connectivity index (χ3n) is 3.25. The Labute approximate surface area is 115 Å². The molecule has 0 aliphatic heterocycles. The predicted molar refractivity (Wildman–Crippen MR) is 75.4 cm³/mol. The van der Waals surface area contributed by atoms with Gasteiger partial charge in [0.05, 0.1) is 4.34 Å². The fraction of sp³-hybridized carbons (Fsp3) is 0.286. The Morgan fingerprint density at radius 2 is 2.22 bits per heavy atom. The Morgan fingerprint density at radius 1 is 1.33 bits per heavy atom. The van der Waals surface area contributed by atoms with E-state index in [0.717, 1.165) is 27.8 Å². The minimum absolute atomic E-state index is 0.199. The van der Waals surface area contributed by atoms with Crippen LogP contribution in [0.3, 0.4) is 0 Å². The fourth-order valence-electron chi connectivity index (χ4n) is 2.30. The van der Waals surface area contributed by atoms with Crippen LogP contribution >= 0.6 is 22.9 Å². The van der Waals surface area contributed by atoms with Gasteiger partial charge in [-0.1, -0.05) is 17.7 Å². The molecule has 0 spiro atoms. The van der Waals surface area contributed by atoms with E-state index in [1.807, 2.05) is 18.2 Å². The fourth-order valence-corrected chi connectivity index (χ4v) is 3.30. The molecule has 2 aromatic rings. The molecule has 0 amide bonds. The lowest BCUT2D eigenvalue weighted by Crippen LogP contribution is -2.04. The van der Waals surface area contributed by atoms with Gasteiger partial charge in [0.2, 0.25) is 0 Å². The lowest BCUT2D eigenvalue weighted by atomic mass is 10.1. The van der Waals surface area contributed by atoms with Crippen molar-refractivity contribution >= 4 is 22.9 Å². The van der Waals surface area contributed by atoms with E-state index in [9.17, 15) is 0 Å². The summed E-state index contributed by atoms with van der Waals surface area (Å²) >= 11 is 7.44. The van der Waals surface area contributed by atoms with Crippen molar-refractivity contribution in [1.82, 2.24) is 0 Å². The van der Waals surface area contributed by atoms with Crippen LogP contribution < -0.4 is 10.5 Å². The first-order chi connectivity index (χ1) is 8.72. The molecule has 0 fully saturated rings. The van der Waals surface area contributed by atoms with E-state index >= 15 is 0 Å². The minimum atomic E-state index is 0.199. The second kappa shape index (κ2) is 4.92. The maximum Gasteiger partial charge on any atom is 0.122 e. The Kier molecular flexibility index (Phi) is 3.29. The van der Waals surface area contributed by atoms with E-state index in [0.29, 0.717) is 6.61 Å². The van der Waals surface area contributed by atoms with Gasteiger partial charge in [0.1, 0.15) is 12.4 Å². The number of fused-ring (bicyclic) bond motifs is 1. The van der Waals surface area contributed by atoms with Crippen molar-refractivity contribution in [2.75, 3.05) is 0 Å². The summed E-state index contributed by atoms with van der Waals surface area (Å²) in [7, 11) is 0. The first-order valence-electron chi connectivity index (χ1n) is 5.98. The Balaban J connectivity index is 1.70. The highest BCUT2D eigenvalue weighted by Gasteiger charge is 2.19. The zero-order valence-corrected chi connectivity index (χ0v) is 11.4. The quantitative estimate of drug-likeness (QED) is 0.924. The topological polar surface area (TPSA) is 35.2 Å². The smallest absolute Gasteiger partial charge is 0.122 e. The van der Waals surface area contributed by atoms with Crippen LogP contribution in [0.25, 0.3) is 0 Å². The van der Waals surface area contributed by atoms with Crippen molar-refractivity contribution < 1.29 is 4.74 Å². The van der Waals surface area contributed by atoms with Gasteiger partial charge in [-0.15, -0.1) is 11.3 Å². The zero-order chi connectivity index (χ0) is 12.5. The number of thiophene rings is 1. The van der Waals surface area contributed by atoms with Crippen LogP contribution in [0.5, 0.6) is 5.75 Å². The number of benzene rings is 1. The summed E-state index contributed by atoms with van der Waals surface area (Å²) in [5.74, 6) is 0.910. The Morgan fingerprint density at radius 3 is 3.00 bits per heavy atom. The number of hydrogen-bond acceptors (Lipinski definition) is 3. The summed E-state index contributed by atoms with van der Waals surface area (Å²) in [6.45, 7) is 0.572. The third-order valence-corrected chi connectivity index (χ3v) is 4.45. The zero-order valence-electron chi connectivity index (χ0n) is 9.86. The van der Waals surface area contributed by atoms with Crippen LogP contribution in [-0.2, 0) is 13.0 Å². The molecule has 0 radical (unpaired) electrons. The Bertz CT molecular complexity index is 567. The van der Waals surface area contributed by atoms with E-state index in [1.165, 1.54) is 11.1 Å². The highest BCUT2D eigenvalue weighted by molar-refractivity contribution is 7.16. The van der Waals surface area contributed by atoms with Crippen molar-refractivity contribution in [2.45, 2.75) is 25.5 Å². The normalized spacial score (nSPS) is 17.8. The monoisotopic (exact) mass is 279 g/mol. The van der Waals surface area contributed by atoms with Gasteiger partial charge in [0, 0.05) is 10.9 Å². The van der Waals surface area contributed by atoms with E-state index in [-0.39, 0.29) is 6.04 Å². The average Bonchev–Trinajstić information content (AvgIpc) is 2.94. The van der Waals surface area contributed by atoms with Crippen molar-refractivity contribution in [3.63, 3.8) is 0 Å². The third kappa shape index (κ3) is 2.39. The average molecular weight is 280 g/mol. The van der Waals surface area contributed by atoms with Crippen molar-refractivity contribution in [3.8, 4) is 5.75 Å². The lowest BCUT2D eigenvalue weighted by molar-refractivity contribution is 0.309. The molecule has 4 heteroatoms. The standard InChI is InChI=1S/C14H14ClNOS/c15-14-6-3-11(18-14)8-17-10-2-4-12-9(7-10)1-5-13(12)16/h2-4,6-7,13H,1,5,8,16H2/t13-/m0/s1. The second-order valence-electron chi connectivity index (χ2n) is 4.50. The van der Waals surface area contributed by atoms with E-state index in [1.54, 1.807) is 11.3 Å². The molecule has 1 aliphatic carbocycles. The first-order valence-corrected chi connectivity index (χ1v) is 7.17. The van der Waals surface area contributed by atoms with Gasteiger partial charge in [0.15, 0.2) is 0 Å². The molecular weight excluding hydrogens is 266 g/mol. The molecule has 18 heavy (non-hydrogen) atoms. The number of rotatable bonds is 3. The number of ether oxygens (including phenoxy) is 1. The van der Waals surface area contributed by atoms with Gasteiger partial charge >= 0.3 is 0 Å². The summed E-state index contributed by atoms with van der Waals surface area (Å²) in [5.41, 5.74) is 8.60. The molecule has 2 nitrogen and oxygen atoms in total. The molecule has 1 heterocycles. The van der Waals surface area contributed by atoms with Crippen LogP contribution in [0.4, 0.5) is 0 Å². The molecule has 94 valence electrons. The summed E-state index contributed by atoms with van der Waals surface area (Å²) in [4.78, 5) is 1.14. The molecule has 2 N–H and O–H groups in total. The maximum absolute atomic E-state index is 6.01. The largest absolute Gasteiger partial charge is 0.488 e. The molecule has 1 aromatic carbocycles. The molecule has 0 bridgehead atoms. The van der Waals surface area contributed by atoms with Gasteiger partial charge in [-0.2, -0.15) is 0 Å². The molecule has 1 aromatic heterocycles. The van der Waals surface area contributed by atoms with Gasteiger partial charge in [-0.25, -0.2) is 0 Å². The van der Waals surface area contributed by atoms with Crippen molar-refractivity contribution in [1.29, 1.82) is 0 Å². The summed E-state index contributed by atoms with van der Waals surface area (Å²) in [6, 6.07) is 10.3. The van der Waals surface area contributed by atoms with E-state index < -0.39 is 0 Å². The number of halogens is 1. The lowest BCUT2D eigenvalue weighted by Gasteiger charge is -2.08. The van der Waals surface area contributed by atoms with Gasteiger partial charge < -0.3 is 10.5 Å². The van der Waals surface area contributed by atoms with Crippen molar-refractivity contribution in [3.05, 3.63) is 50.7 Å². The molecule has 0 saturated carbocycles. The van der Waals surface area contributed by atoms with Gasteiger partial charge in [0.25, 0.3) is 0 Å². The summed E-state index contributed by atoms with van der Waals surface area (Å²) < 4.78 is 6.58. The number of aryl methyl sites for hydroxylation is 1. The molecule has 0 saturated heterocycles. The summed E-state index contributed by atoms with van der Waals surface area (Å²) in [6.07, 6.45) is 2.10. The van der Waals surface area contributed by atoms with Crippen LogP contribution in [-0.4, -0.2) is 0 Å². The van der Waals surface area contributed by atoms with Crippen LogP contribution in [0, 0.1) is 0 Å². The van der Waals surface area contributed by atoms with Crippen LogP contribution in [0.1, 0.15) is 28.5 Å². The summed E-state index contributed by atoms with van der Waals surface area (Å²) in [5, 5.41) is 0. The van der Waals surface area contributed by atoms with E-state index in [4.69, 9.17) is 22.1 Å². The van der Waals surface area contributed by atoms with Gasteiger partial charge in [-0.3, -0.25) is 0 Å². The molecule has 1 aliphatic rings. The number of nitrogens with two attached hydrogens (primary N) is 1. The SMILES string of the molecule is N[C@H]1CCc2cc(OCc3ccc(Cl)s3)ccc21. The second-order valence-corrected chi connectivity index (χ2v) is 6.30. The molecular formula is C14H14ClNOS. The number of hydrogen-bond donors (Lipinski definition) is 1. The van der Waals surface area contributed by atoms with E-state index in [2.05, 4.69) is 12.1 Å². The van der Waals surface area contributed by atoms with Crippen molar-refractivity contribution in [2.24, 2.45) is 5.73 Å². The van der Waals surface area contributed by atoms with Crippen LogP contribution in [0.2, 0.25) is 4.34 Å². The highest BCUT2D eigenvalue weighted by atomic mass is 35.5. The molecule has 0 unspecified atom stereocenters. The maximum atomic E-state index is 6.01. The minimum Gasteiger partial charge on any atom is -0.488 e. The highest BCUT2D eigenvalue weighted by Crippen LogP contribution is 2.32. The van der Waals surface area contributed by atoms with Gasteiger partial charge in [-0.05, 0) is 48.2 Å². The predicted octanol–water partition coefficient (Wildman–Crippen LogP) is 3.93. The Hall–Kier alpha value is -1.03. The molecule has 1 atom stereocenters. The molecule has 3 rings (SSSR count). The first kappa shape index (κ1) is 12.0. The van der Waals surface area contributed by atoms with Crippen LogP contribution in [0.15, 0.2) is 30.3 Å².